The third-order valence-corrected chi connectivity index (χ3v) is 5.79. The Kier molecular flexibility index (Phi) is 5.74. The number of hydrogen-bond donors (Lipinski definition) is 2. The van der Waals surface area contributed by atoms with Crippen LogP contribution in [0.15, 0.2) is 47.5 Å². The van der Waals surface area contributed by atoms with Gasteiger partial charge in [0.2, 0.25) is 0 Å². The van der Waals surface area contributed by atoms with Crippen LogP contribution in [0.3, 0.4) is 0 Å². The normalized spacial score (nSPS) is 10.8. The van der Waals surface area contributed by atoms with E-state index in [9.17, 15) is 4.79 Å². The first kappa shape index (κ1) is 20.6. The Labute approximate surface area is 185 Å². The highest BCUT2D eigenvalue weighted by Crippen LogP contribution is 2.26. The molecule has 0 unspecified atom stereocenters. The minimum absolute atomic E-state index is 0.122. The summed E-state index contributed by atoms with van der Waals surface area (Å²) in [6.07, 6.45) is 3.43. The molecule has 0 aliphatic heterocycles. The molecule has 1 aromatic carbocycles. The van der Waals surface area contributed by atoms with Crippen molar-refractivity contribution in [1.82, 2.24) is 19.9 Å². The first-order valence-corrected chi connectivity index (χ1v) is 10.9. The Balaban J connectivity index is 1.65. The fourth-order valence-corrected chi connectivity index (χ4v) is 3.98. The second kappa shape index (κ2) is 8.62. The van der Waals surface area contributed by atoms with E-state index in [1.54, 1.807) is 11.3 Å². The van der Waals surface area contributed by atoms with E-state index in [1.807, 2.05) is 52.7 Å². The van der Waals surface area contributed by atoms with Crippen LogP contribution in [0.4, 0.5) is 5.82 Å². The molecule has 31 heavy (non-hydrogen) atoms. The van der Waals surface area contributed by atoms with Gasteiger partial charge in [-0.15, -0.1) is 0 Å². The molecule has 1 amide bonds. The third-order valence-electron chi connectivity index (χ3n) is 5.06. The van der Waals surface area contributed by atoms with Gasteiger partial charge in [0.15, 0.2) is 0 Å². The molecule has 0 aliphatic rings. The Morgan fingerprint density at radius 2 is 2.03 bits per heavy atom. The summed E-state index contributed by atoms with van der Waals surface area (Å²) in [7, 11) is 0. The number of benzene rings is 1. The third kappa shape index (κ3) is 4.30. The molecule has 0 aliphatic carbocycles. The number of thiophene rings is 1. The molecule has 156 valence electrons. The van der Waals surface area contributed by atoms with Crippen molar-refractivity contribution in [2.45, 2.75) is 33.4 Å². The number of amides is 1. The highest BCUT2D eigenvalue weighted by atomic mass is 32.1. The fourth-order valence-electron chi connectivity index (χ4n) is 3.31. The second-order valence-corrected chi connectivity index (χ2v) is 8.38. The summed E-state index contributed by atoms with van der Waals surface area (Å²) in [6.45, 7) is 6.64. The molecule has 0 atom stereocenters. The van der Waals surface area contributed by atoms with Gasteiger partial charge in [0.25, 0.3) is 5.91 Å². The number of carbonyl (C=O) groups excluding carboxylic acids is 1. The summed E-state index contributed by atoms with van der Waals surface area (Å²) in [5, 5.41) is 7.73. The SMILES string of the molecule is Cc1ccc(C(=O)NCc2ccsc2)cc1C#Cc1cn(C(C)C)c2ncnc(N)c12. The molecule has 3 heterocycles. The zero-order chi connectivity index (χ0) is 22.0. The smallest absolute Gasteiger partial charge is 0.251 e. The first-order valence-electron chi connectivity index (χ1n) is 9.97. The van der Waals surface area contributed by atoms with Crippen LogP contribution in [0.5, 0.6) is 0 Å². The molecule has 7 heteroatoms. The van der Waals surface area contributed by atoms with E-state index in [0.29, 0.717) is 17.9 Å². The molecular weight excluding hydrogens is 406 g/mol. The topological polar surface area (TPSA) is 85.8 Å². The molecule has 4 aromatic rings. The van der Waals surface area contributed by atoms with Crippen molar-refractivity contribution in [3.05, 3.63) is 75.4 Å². The molecule has 0 saturated heterocycles. The van der Waals surface area contributed by atoms with Crippen molar-refractivity contribution in [2.24, 2.45) is 0 Å². The van der Waals surface area contributed by atoms with Crippen LogP contribution in [0.2, 0.25) is 0 Å². The molecular formula is C24H23N5OS. The molecule has 0 radical (unpaired) electrons. The quantitative estimate of drug-likeness (QED) is 0.474. The number of carbonyl (C=O) groups is 1. The van der Waals surface area contributed by atoms with Crippen LogP contribution in [0, 0.1) is 18.8 Å². The van der Waals surface area contributed by atoms with Gasteiger partial charge < -0.3 is 15.6 Å². The lowest BCUT2D eigenvalue weighted by Crippen LogP contribution is -2.22. The number of aromatic nitrogens is 3. The van der Waals surface area contributed by atoms with Crippen LogP contribution in [-0.2, 0) is 6.54 Å². The van der Waals surface area contributed by atoms with E-state index in [2.05, 4.69) is 41.0 Å². The van der Waals surface area contributed by atoms with Crippen LogP contribution in [0.25, 0.3) is 11.0 Å². The van der Waals surface area contributed by atoms with Gasteiger partial charge in [0.1, 0.15) is 17.8 Å². The van der Waals surface area contributed by atoms with Gasteiger partial charge in [-0.1, -0.05) is 17.9 Å². The minimum atomic E-state index is -0.122. The summed E-state index contributed by atoms with van der Waals surface area (Å²) >= 11 is 1.61. The number of rotatable bonds is 4. The number of fused-ring (bicyclic) bond motifs is 1. The lowest BCUT2D eigenvalue weighted by atomic mass is 10.0. The van der Waals surface area contributed by atoms with Crippen LogP contribution in [-0.4, -0.2) is 20.4 Å². The van der Waals surface area contributed by atoms with Crippen LogP contribution in [0.1, 0.15) is 52.5 Å². The van der Waals surface area contributed by atoms with Crippen molar-refractivity contribution >= 4 is 34.1 Å². The molecule has 0 fully saturated rings. The number of anilines is 1. The molecule has 0 bridgehead atoms. The largest absolute Gasteiger partial charge is 0.383 e. The van der Waals surface area contributed by atoms with Crippen molar-refractivity contribution in [3.63, 3.8) is 0 Å². The van der Waals surface area contributed by atoms with Crippen molar-refractivity contribution in [3.8, 4) is 11.8 Å². The number of nitrogen functional groups attached to an aromatic ring is 1. The average molecular weight is 430 g/mol. The van der Waals surface area contributed by atoms with E-state index in [-0.39, 0.29) is 11.9 Å². The predicted octanol–water partition coefficient (Wildman–Crippen LogP) is 4.29. The predicted molar refractivity (Wildman–Crippen MR) is 125 cm³/mol. The molecule has 0 saturated carbocycles. The number of nitrogens with zero attached hydrogens (tertiary/aromatic N) is 3. The zero-order valence-electron chi connectivity index (χ0n) is 17.6. The molecule has 6 nitrogen and oxygen atoms in total. The fraction of sp³-hybridized carbons (Fsp3) is 0.208. The van der Waals surface area contributed by atoms with E-state index in [0.717, 1.165) is 33.3 Å². The van der Waals surface area contributed by atoms with E-state index < -0.39 is 0 Å². The standard InChI is InChI=1S/C24H23N5OS/c1-15(2)29-12-20(21-22(25)27-14-28-23(21)29)7-6-18-10-19(5-4-16(18)3)24(30)26-11-17-8-9-31-13-17/h4-5,8-10,12-15H,11H2,1-3H3,(H,26,30)(H2,25,27,28). The van der Waals surface area contributed by atoms with Gasteiger partial charge in [-0.05, 0) is 60.9 Å². The number of nitrogens with two attached hydrogens (primary N) is 1. The van der Waals surface area contributed by atoms with Gasteiger partial charge in [-0.25, -0.2) is 9.97 Å². The van der Waals surface area contributed by atoms with Crippen molar-refractivity contribution < 1.29 is 4.79 Å². The summed E-state index contributed by atoms with van der Waals surface area (Å²) in [4.78, 5) is 21.1. The highest BCUT2D eigenvalue weighted by Gasteiger charge is 2.14. The monoisotopic (exact) mass is 429 g/mol. The average Bonchev–Trinajstić information content (AvgIpc) is 3.40. The van der Waals surface area contributed by atoms with Gasteiger partial charge in [-0.3, -0.25) is 4.79 Å². The molecule has 0 spiro atoms. The summed E-state index contributed by atoms with van der Waals surface area (Å²) in [5.41, 5.74) is 11.1. The van der Waals surface area contributed by atoms with Gasteiger partial charge in [0, 0.05) is 29.9 Å². The molecule has 4 rings (SSSR count). The summed E-state index contributed by atoms with van der Waals surface area (Å²) < 4.78 is 2.04. The maximum absolute atomic E-state index is 12.6. The molecule has 3 aromatic heterocycles. The van der Waals surface area contributed by atoms with Crippen LogP contribution < -0.4 is 11.1 Å². The Bertz CT molecular complexity index is 1310. The first-order chi connectivity index (χ1) is 14.9. The van der Waals surface area contributed by atoms with E-state index >= 15 is 0 Å². The van der Waals surface area contributed by atoms with E-state index in [1.165, 1.54) is 6.33 Å². The summed E-state index contributed by atoms with van der Waals surface area (Å²) in [6, 6.07) is 7.77. The van der Waals surface area contributed by atoms with Gasteiger partial charge in [0.05, 0.1) is 10.9 Å². The lowest BCUT2D eigenvalue weighted by Gasteiger charge is -2.07. The maximum atomic E-state index is 12.6. The van der Waals surface area contributed by atoms with Crippen LogP contribution >= 0.6 is 11.3 Å². The zero-order valence-corrected chi connectivity index (χ0v) is 18.5. The van der Waals surface area contributed by atoms with Crippen molar-refractivity contribution in [2.75, 3.05) is 5.73 Å². The second-order valence-electron chi connectivity index (χ2n) is 7.60. The minimum Gasteiger partial charge on any atom is -0.383 e. The Morgan fingerprint density at radius 1 is 1.23 bits per heavy atom. The highest BCUT2D eigenvalue weighted by molar-refractivity contribution is 7.07. The maximum Gasteiger partial charge on any atom is 0.251 e. The number of nitrogens with one attached hydrogen (secondary N) is 1. The van der Waals surface area contributed by atoms with Gasteiger partial charge in [-0.2, -0.15) is 11.3 Å². The summed E-state index contributed by atoms with van der Waals surface area (Å²) in [5.74, 6) is 6.72. The number of hydrogen-bond acceptors (Lipinski definition) is 5. The molecule has 3 N–H and O–H groups in total. The number of aryl methyl sites for hydroxylation is 1. The van der Waals surface area contributed by atoms with Gasteiger partial charge >= 0.3 is 0 Å². The Morgan fingerprint density at radius 3 is 2.77 bits per heavy atom. The Hall–Kier alpha value is -3.63. The van der Waals surface area contributed by atoms with Crippen molar-refractivity contribution in [1.29, 1.82) is 0 Å². The van der Waals surface area contributed by atoms with E-state index in [4.69, 9.17) is 5.73 Å². The lowest BCUT2D eigenvalue weighted by molar-refractivity contribution is 0.0951.